The van der Waals surface area contributed by atoms with E-state index in [0.717, 1.165) is 18.4 Å². The van der Waals surface area contributed by atoms with Crippen LogP contribution in [0.25, 0.3) is 0 Å². The minimum absolute atomic E-state index is 0.0836. The summed E-state index contributed by atoms with van der Waals surface area (Å²) in [6.45, 7) is 9.18. The number of carbonyl (C=O) groups excluding carboxylic acids is 2. The lowest BCUT2D eigenvalue weighted by Crippen LogP contribution is -2.64. The molecule has 0 saturated carbocycles. The van der Waals surface area contributed by atoms with Gasteiger partial charge in [0, 0.05) is 18.0 Å². The van der Waals surface area contributed by atoms with Crippen LogP contribution in [0.4, 0.5) is 0 Å². The highest BCUT2D eigenvalue weighted by atomic mass is 16.2. The Balaban J connectivity index is 2.18. The molecule has 4 nitrogen and oxygen atoms in total. The Hall–Kier alpha value is -2.28. The van der Waals surface area contributed by atoms with Gasteiger partial charge in [-0.25, -0.2) is 0 Å². The van der Waals surface area contributed by atoms with Crippen molar-refractivity contribution >= 4 is 11.8 Å². The number of nitrogens with zero attached hydrogens (tertiary/aromatic N) is 1. The number of hydrogen-bond acceptors (Lipinski definition) is 2. The van der Waals surface area contributed by atoms with Crippen LogP contribution in [0.1, 0.15) is 46.1 Å². The summed E-state index contributed by atoms with van der Waals surface area (Å²) >= 11 is 0. The van der Waals surface area contributed by atoms with Gasteiger partial charge in [-0.2, -0.15) is 0 Å². The molecule has 1 N–H and O–H groups in total. The first-order valence-corrected chi connectivity index (χ1v) is 8.97. The number of hydrogen-bond donors (Lipinski definition) is 1. The maximum absolute atomic E-state index is 12.5. The minimum Gasteiger partial charge on any atom is -0.347 e. The fourth-order valence-corrected chi connectivity index (χ4v) is 3.72. The molecule has 1 aromatic carbocycles. The first-order valence-electron chi connectivity index (χ1n) is 8.97. The van der Waals surface area contributed by atoms with Crippen LogP contribution >= 0.6 is 0 Å². The van der Waals surface area contributed by atoms with Crippen molar-refractivity contribution in [3.05, 3.63) is 35.9 Å². The summed E-state index contributed by atoms with van der Waals surface area (Å²) in [6.07, 6.45) is 1.71. The highest BCUT2D eigenvalue weighted by Crippen LogP contribution is 2.28. The zero-order valence-corrected chi connectivity index (χ0v) is 15.6. The molecule has 25 heavy (non-hydrogen) atoms. The molecular formula is C21H28N2O2. The lowest BCUT2D eigenvalue weighted by molar-refractivity contribution is -0.139. The molecule has 0 radical (unpaired) electrons. The number of carbonyl (C=O) groups is 2. The van der Waals surface area contributed by atoms with Gasteiger partial charge in [-0.15, -0.1) is 0 Å². The maximum atomic E-state index is 12.5. The second-order valence-electron chi connectivity index (χ2n) is 7.80. The van der Waals surface area contributed by atoms with Gasteiger partial charge in [0.15, 0.2) is 0 Å². The van der Waals surface area contributed by atoms with Crippen molar-refractivity contribution in [3.63, 3.8) is 0 Å². The van der Waals surface area contributed by atoms with Crippen LogP contribution in [0.15, 0.2) is 30.3 Å². The quantitative estimate of drug-likeness (QED) is 0.857. The van der Waals surface area contributed by atoms with Crippen LogP contribution in [0.5, 0.6) is 0 Å². The van der Waals surface area contributed by atoms with Gasteiger partial charge in [-0.05, 0) is 36.8 Å². The van der Waals surface area contributed by atoms with E-state index in [-0.39, 0.29) is 23.9 Å². The lowest BCUT2D eigenvalue weighted by Gasteiger charge is -2.44. The monoisotopic (exact) mass is 340 g/mol. The molecule has 2 amide bonds. The molecule has 1 saturated heterocycles. The summed E-state index contributed by atoms with van der Waals surface area (Å²) in [5.41, 5.74) is 0.440. The molecule has 1 aromatic rings. The molecule has 1 heterocycles. The van der Waals surface area contributed by atoms with Crippen LogP contribution in [0.3, 0.4) is 0 Å². The number of benzene rings is 1. The summed E-state index contributed by atoms with van der Waals surface area (Å²) < 4.78 is 0. The molecule has 0 unspecified atom stereocenters. The predicted octanol–water partition coefficient (Wildman–Crippen LogP) is 2.83. The Labute approximate surface area is 151 Å². The highest BCUT2D eigenvalue weighted by Gasteiger charge is 2.40. The molecule has 4 heteroatoms. The Kier molecular flexibility index (Phi) is 6.25. The Bertz CT molecular complexity index is 658. The first-order chi connectivity index (χ1) is 11.8. The zero-order valence-electron chi connectivity index (χ0n) is 15.6. The Morgan fingerprint density at radius 3 is 2.32 bits per heavy atom. The lowest BCUT2D eigenvalue weighted by atomic mass is 9.80. The van der Waals surface area contributed by atoms with Crippen LogP contribution in [0, 0.1) is 23.7 Å². The van der Waals surface area contributed by atoms with Crippen molar-refractivity contribution in [2.24, 2.45) is 11.8 Å². The number of rotatable bonds is 4. The summed E-state index contributed by atoms with van der Waals surface area (Å²) in [6, 6.07) is 9.42. The average Bonchev–Trinajstić information content (AvgIpc) is 2.51. The van der Waals surface area contributed by atoms with Crippen LogP contribution < -0.4 is 5.32 Å². The number of nitrogens with one attached hydrogen (secondary N) is 1. The van der Waals surface area contributed by atoms with Gasteiger partial charge >= 0.3 is 0 Å². The van der Waals surface area contributed by atoms with Crippen molar-refractivity contribution < 1.29 is 9.59 Å². The van der Waals surface area contributed by atoms with Gasteiger partial charge in [0.2, 0.25) is 5.91 Å². The van der Waals surface area contributed by atoms with E-state index < -0.39 is 0 Å². The third-order valence-corrected chi connectivity index (χ3v) is 4.21. The second-order valence-corrected chi connectivity index (χ2v) is 7.80. The predicted molar refractivity (Wildman–Crippen MR) is 99.7 cm³/mol. The van der Waals surface area contributed by atoms with Crippen LogP contribution in [-0.4, -0.2) is 35.3 Å². The zero-order chi connectivity index (χ0) is 18.4. The summed E-state index contributed by atoms with van der Waals surface area (Å²) in [4.78, 5) is 26.4. The van der Waals surface area contributed by atoms with Gasteiger partial charge < -0.3 is 10.2 Å². The van der Waals surface area contributed by atoms with E-state index in [4.69, 9.17) is 0 Å². The molecule has 0 aliphatic carbocycles. The highest BCUT2D eigenvalue weighted by molar-refractivity contribution is 5.97. The molecule has 1 aliphatic rings. The minimum atomic E-state index is -0.359. The fourth-order valence-electron chi connectivity index (χ4n) is 3.72. The van der Waals surface area contributed by atoms with Gasteiger partial charge in [-0.3, -0.25) is 9.59 Å². The molecule has 0 aromatic heterocycles. The summed E-state index contributed by atoms with van der Waals surface area (Å²) in [5.74, 6) is 6.08. The maximum Gasteiger partial charge on any atom is 0.299 e. The molecule has 2 rings (SSSR count). The Morgan fingerprint density at radius 2 is 1.76 bits per heavy atom. The average molecular weight is 340 g/mol. The SMILES string of the molecule is CC(C)CC1(CC(C)C)CN(C(=O)C#Cc2ccccc2)CC(=O)N1. The van der Waals surface area contributed by atoms with E-state index in [2.05, 4.69) is 44.9 Å². The largest absolute Gasteiger partial charge is 0.347 e. The van der Waals surface area contributed by atoms with Crippen molar-refractivity contribution in [1.29, 1.82) is 0 Å². The van der Waals surface area contributed by atoms with E-state index in [0.29, 0.717) is 18.4 Å². The smallest absolute Gasteiger partial charge is 0.299 e. The van der Waals surface area contributed by atoms with E-state index in [1.165, 1.54) is 0 Å². The summed E-state index contributed by atoms with van der Waals surface area (Å²) in [7, 11) is 0. The van der Waals surface area contributed by atoms with Crippen molar-refractivity contribution in [1.82, 2.24) is 10.2 Å². The van der Waals surface area contributed by atoms with Gasteiger partial charge in [0.05, 0.1) is 5.54 Å². The van der Waals surface area contributed by atoms with E-state index >= 15 is 0 Å². The van der Waals surface area contributed by atoms with Crippen molar-refractivity contribution in [2.45, 2.75) is 46.1 Å². The Morgan fingerprint density at radius 1 is 1.16 bits per heavy atom. The normalized spacial score (nSPS) is 16.4. The van der Waals surface area contributed by atoms with Gasteiger partial charge in [-0.1, -0.05) is 51.8 Å². The molecule has 1 aliphatic heterocycles. The van der Waals surface area contributed by atoms with Gasteiger partial charge in [0.25, 0.3) is 5.91 Å². The molecule has 0 atom stereocenters. The molecule has 0 spiro atoms. The molecule has 1 fully saturated rings. The number of amides is 2. The van der Waals surface area contributed by atoms with Crippen LogP contribution in [-0.2, 0) is 9.59 Å². The third-order valence-electron chi connectivity index (χ3n) is 4.21. The van der Waals surface area contributed by atoms with Crippen molar-refractivity contribution in [3.8, 4) is 11.8 Å². The van der Waals surface area contributed by atoms with Crippen molar-refractivity contribution in [2.75, 3.05) is 13.1 Å². The van der Waals surface area contributed by atoms with E-state index in [1.807, 2.05) is 30.3 Å². The summed E-state index contributed by atoms with van der Waals surface area (Å²) in [5, 5.41) is 3.17. The molecular weight excluding hydrogens is 312 g/mol. The third kappa shape index (κ3) is 5.63. The van der Waals surface area contributed by atoms with E-state index in [1.54, 1.807) is 4.90 Å². The van der Waals surface area contributed by atoms with E-state index in [9.17, 15) is 9.59 Å². The molecule has 134 valence electrons. The second kappa shape index (κ2) is 8.20. The fraction of sp³-hybridized carbons (Fsp3) is 0.524. The molecule has 0 bridgehead atoms. The van der Waals surface area contributed by atoms with Gasteiger partial charge in [0.1, 0.15) is 6.54 Å². The first kappa shape index (κ1) is 19.1. The standard InChI is InChI=1S/C21H28N2O2/c1-16(2)12-21(13-17(3)4)15-23(14-19(24)22-21)20(25)11-10-18-8-6-5-7-9-18/h5-9,16-17H,12-15H2,1-4H3,(H,22,24). The van der Waals surface area contributed by atoms with Crippen LogP contribution in [0.2, 0.25) is 0 Å². The topological polar surface area (TPSA) is 49.4 Å². The number of piperazine rings is 1.